The number of hydrogen-bond acceptors (Lipinski definition) is 7. The number of carbonyl (C=O) groups excluding carboxylic acids is 2. The third kappa shape index (κ3) is 3.87. The predicted octanol–water partition coefficient (Wildman–Crippen LogP) is 3.67. The summed E-state index contributed by atoms with van der Waals surface area (Å²) in [6, 6.07) is 9.51. The number of benzene rings is 1. The number of imidazole rings is 1. The lowest BCUT2D eigenvalue weighted by Crippen LogP contribution is -2.48. The summed E-state index contributed by atoms with van der Waals surface area (Å²) in [4.78, 5) is 35.0. The van der Waals surface area contributed by atoms with E-state index in [0.717, 1.165) is 17.5 Å². The molecule has 10 nitrogen and oxygen atoms in total. The van der Waals surface area contributed by atoms with Crippen molar-refractivity contribution in [2.24, 2.45) is 0 Å². The number of likely N-dealkylation sites (tertiary alicyclic amines) is 1. The molecule has 0 radical (unpaired) electrons. The van der Waals surface area contributed by atoms with Crippen LogP contribution >= 0.6 is 0 Å². The Bertz CT molecular complexity index is 1390. The minimum atomic E-state index is -0.369. The van der Waals surface area contributed by atoms with Crippen molar-refractivity contribution in [3.63, 3.8) is 0 Å². The fraction of sp³-hybridized carbons (Fsp3) is 0.292. The van der Waals surface area contributed by atoms with Gasteiger partial charge in [-0.1, -0.05) is 30.3 Å². The Labute approximate surface area is 195 Å². The van der Waals surface area contributed by atoms with Crippen molar-refractivity contribution < 1.29 is 18.8 Å². The molecule has 34 heavy (non-hydrogen) atoms. The quantitative estimate of drug-likeness (QED) is 0.483. The molecule has 1 N–H and O–H groups in total. The van der Waals surface area contributed by atoms with Gasteiger partial charge < -0.3 is 19.5 Å². The number of ether oxygens (including phenoxy) is 1. The minimum Gasteiger partial charge on any atom is -0.453 e. The zero-order valence-corrected chi connectivity index (χ0v) is 19.1. The van der Waals surface area contributed by atoms with Gasteiger partial charge >= 0.3 is 6.09 Å². The molecule has 174 valence electrons. The van der Waals surface area contributed by atoms with Gasteiger partial charge in [-0.25, -0.2) is 9.78 Å². The van der Waals surface area contributed by atoms with Crippen molar-refractivity contribution >= 4 is 23.3 Å². The first-order chi connectivity index (χ1) is 16.5. The summed E-state index contributed by atoms with van der Waals surface area (Å²) in [5, 5.41) is 7.08. The van der Waals surface area contributed by atoms with Gasteiger partial charge in [-0.3, -0.25) is 9.20 Å². The highest BCUT2D eigenvalue weighted by atomic mass is 16.5. The lowest BCUT2D eigenvalue weighted by Gasteiger charge is -2.35. The largest absolute Gasteiger partial charge is 0.453 e. The molecular weight excluding hydrogens is 436 g/mol. The van der Waals surface area contributed by atoms with Gasteiger partial charge in [0.1, 0.15) is 11.3 Å². The van der Waals surface area contributed by atoms with Crippen LogP contribution in [0.4, 0.5) is 10.5 Å². The maximum absolute atomic E-state index is 13.1. The van der Waals surface area contributed by atoms with E-state index in [1.54, 1.807) is 15.5 Å². The molecule has 0 unspecified atom stereocenters. The fourth-order valence-corrected chi connectivity index (χ4v) is 3.92. The normalized spacial score (nSPS) is 13.7. The smallest absolute Gasteiger partial charge is 0.409 e. The van der Waals surface area contributed by atoms with Crippen LogP contribution in [0.2, 0.25) is 0 Å². The van der Waals surface area contributed by atoms with Crippen LogP contribution < -0.4 is 5.32 Å². The molecule has 1 fully saturated rings. The highest BCUT2D eigenvalue weighted by molar-refractivity contribution is 6.04. The Morgan fingerprint density at radius 2 is 2.06 bits per heavy atom. The molecule has 0 aliphatic carbocycles. The van der Waals surface area contributed by atoms with E-state index >= 15 is 0 Å². The van der Waals surface area contributed by atoms with Crippen LogP contribution in [0.1, 0.15) is 40.3 Å². The first-order valence-corrected chi connectivity index (χ1v) is 11.0. The van der Waals surface area contributed by atoms with E-state index in [4.69, 9.17) is 9.26 Å². The molecule has 3 aromatic heterocycles. The minimum absolute atomic E-state index is 0.0202. The summed E-state index contributed by atoms with van der Waals surface area (Å²) in [5.41, 5.74) is 4.55. The van der Waals surface area contributed by atoms with Crippen molar-refractivity contribution in [2.75, 3.05) is 25.5 Å². The van der Waals surface area contributed by atoms with Gasteiger partial charge in [0.15, 0.2) is 0 Å². The molecule has 0 saturated carbocycles. The topological polar surface area (TPSA) is 115 Å². The Morgan fingerprint density at radius 3 is 2.82 bits per heavy atom. The number of methoxy groups -OCH3 is 1. The van der Waals surface area contributed by atoms with Gasteiger partial charge in [-0.05, 0) is 36.6 Å². The molecule has 4 aromatic rings. The summed E-state index contributed by atoms with van der Waals surface area (Å²) in [6.45, 7) is 4.93. The average molecular weight is 460 g/mol. The molecule has 0 atom stereocenters. The highest BCUT2D eigenvalue weighted by Gasteiger charge is 2.36. The molecule has 5 rings (SSSR count). The third-order valence-electron chi connectivity index (χ3n) is 6.06. The summed E-state index contributed by atoms with van der Waals surface area (Å²) in [6.07, 6.45) is 4.01. The molecule has 10 heteroatoms. The van der Waals surface area contributed by atoms with Crippen LogP contribution in [0.15, 0.2) is 47.2 Å². The maximum atomic E-state index is 13.1. The second kappa shape index (κ2) is 8.62. The van der Waals surface area contributed by atoms with Gasteiger partial charge in [-0.15, -0.1) is 0 Å². The van der Waals surface area contributed by atoms with Crippen molar-refractivity contribution in [2.45, 2.75) is 26.2 Å². The second-order valence-corrected chi connectivity index (χ2v) is 8.27. The number of hydrogen-bond donors (Lipinski definition) is 1. The Kier molecular flexibility index (Phi) is 5.48. The number of fused-ring (bicyclic) bond motifs is 1. The first kappa shape index (κ1) is 21.6. The summed E-state index contributed by atoms with van der Waals surface area (Å²) < 4.78 is 11.9. The number of anilines is 1. The zero-order chi connectivity index (χ0) is 23.8. The number of aromatic nitrogens is 4. The molecule has 1 aliphatic rings. The van der Waals surface area contributed by atoms with Gasteiger partial charge in [0.05, 0.1) is 19.2 Å². The van der Waals surface area contributed by atoms with Crippen LogP contribution in [0.25, 0.3) is 17.0 Å². The monoisotopic (exact) mass is 460 g/mol. The Hall–Kier alpha value is -4.21. The zero-order valence-electron chi connectivity index (χ0n) is 19.1. The highest BCUT2D eigenvalue weighted by Crippen LogP contribution is 2.29. The van der Waals surface area contributed by atoms with E-state index < -0.39 is 0 Å². The number of aryl methyl sites for hydroxylation is 2. The van der Waals surface area contributed by atoms with Crippen LogP contribution in [-0.2, 0) is 11.2 Å². The summed E-state index contributed by atoms with van der Waals surface area (Å²) in [7, 11) is 1.35. The number of carbonyl (C=O) groups is 2. The molecule has 1 saturated heterocycles. The van der Waals surface area contributed by atoms with Crippen molar-refractivity contribution in [3.05, 3.63) is 65.4 Å². The number of amides is 2. The summed E-state index contributed by atoms with van der Waals surface area (Å²) in [5.74, 6) is 0.614. The maximum Gasteiger partial charge on any atom is 0.409 e. The van der Waals surface area contributed by atoms with E-state index in [2.05, 4.69) is 27.4 Å². The van der Waals surface area contributed by atoms with E-state index in [9.17, 15) is 9.59 Å². The number of rotatable bonds is 5. The van der Waals surface area contributed by atoms with E-state index in [1.165, 1.54) is 7.11 Å². The lowest BCUT2D eigenvalue weighted by atomic mass is 10.0. The van der Waals surface area contributed by atoms with Gasteiger partial charge in [-0.2, -0.15) is 4.98 Å². The third-order valence-corrected chi connectivity index (χ3v) is 6.06. The molecule has 0 spiro atoms. The van der Waals surface area contributed by atoms with Crippen molar-refractivity contribution in [1.82, 2.24) is 24.4 Å². The number of pyridine rings is 1. The first-order valence-electron chi connectivity index (χ1n) is 11.0. The molecule has 1 aromatic carbocycles. The van der Waals surface area contributed by atoms with Crippen LogP contribution in [0, 0.1) is 6.92 Å². The Morgan fingerprint density at radius 1 is 1.24 bits per heavy atom. The molecule has 1 aliphatic heterocycles. The number of nitrogens with zero attached hydrogens (tertiary/aromatic N) is 5. The van der Waals surface area contributed by atoms with E-state index in [0.29, 0.717) is 47.4 Å². The lowest BCUT2D eigenvalue weighted by molar-refractivity contribution is 0.0804. The van der Waals surface area contributed by atoms with Gasteiger partial charge in [0, 0.05) is 30.5 Å². The average Bonchev–Trinajstić information content (AvgIpc) is 3.46. The predicted molar refractivity (Wildman–Crippen MR) is 124 cm³/mol. The van der Waals surface area contributed by atoms with Crippen molar-refractivity contribution in [1.29, 1.82) is 0 Å². The Balaban J connectivity index is 1.35. The van der Waals surface area contributed by atoms with Crippen LogP contribution in [0.3, 0.4) is 0 Å². The summed E-state index contributed by atoms with van der Waals surface area (Å²) >= 11 is 0. The van der Waals surface area contributed by atoms with Crippen LogP contribution in [0.5, 0.6) is 0 Å². The number of nitrogens with one attached hydrogen (secondary N) is 1. The van der Waals surface area contributed by atoms with Gasteiger partial charge in [0.25, 0.3) is 5.91 Å². The molecule has 4 heterocycles. The standard InChI is InChI=1S/C24H24N6O4/c1-4-15-6-8-20-25-10-19(30(20)11-15)22(31)26-18-9-16(7-5-14(18)2)21-27-23(34-28-21)17-12-29(13-17)24(32)33-3/h5-11,17H,4,12-13H2,1-3H3,(H,26,31). The van der Waals surface area contributed by atoms with Crippen molar-refractivity contribution in [3.8, 4) is 11.4 Å². The fourth-order valence-electron chi connectivity index (χ4n) is 3.92. The molecule has 2 amide bonds. The van der Waals surface area contributed by atoms with Crippen LogP contribution in [-0.4, -0.2) is 56.6 Å². The molecule has 0 bridgehead atoms. The second-order valence-electron chi connectivity index (χ2n) is 8.27. The van der Waals surface area contributed by atoms with E-state index in [1.807, 2.05) is 43.5 Å². The molecular formula is C24H24N6O4. The van der Waals surface area contributed by atoms with Gasteiger partial charge in [0.2, 0.25) is 11.7 Å². The van der Waals surface area contributed by atoms with E-state index in [-0.39, 0.29) is 17.9 Å². The SMILES string of the molecule is CCc1ccc2ncc(C(=O)Nc3cc(-c4noc(C5CN(C(=O)OC)C5)n4)ccc3C)n2c1.